The standard InChI is InChI=1S/C15H16N2O3/c18-15(19)14(11-6-7-11)16-9-12-8-13(17-20-12)10-4-2-1-3-5-10/h1-5,8,11,14,16H,6-7,9H2,(H,18,19). The number of hydrogen-bond donors (Lipinski definition) is 2. The summed E-state index contributed by atoms with van der Waals surface area (Å²) in [7, 11) is 0. The number of nitrogens with one attached hydrogen (secondary N) is 1. The predicted octanol–water partition coefficient (Wildman–Crippen LogP) is 2.29. The van der Waals surface area contributed by atoms with E-state index in [1.807, 2.05) is 36.4 Å². The first-order valence-corrected chi connectivity index (χ1v) is 6.71. The number of hydrogen-bond acceptors (Lipinski definition) is 4. The SMILES string of the molecule is O=C(O)C(NCc1cc(-c2ccccc2)no1)C1CC1. The molecule has 104 valence electrons. The number of carboxylic acid groups (broad SMARTS) is 1. The molecule has 0 saturated heterocycles. The Bertz CT molecular complexity index is 590. The Balaban J connectivity index is 1.64. The van der Waals surface area contributed by atoms with Crippen LogP contribution in [0.25, 0.3) is 11.3 Å². The van der Waals surface area contributed by atoms with Crippen LogP contribution in [0.2, 0.25) is 0 Å². The van der Waals surface area contributed by atoms with Gasteiger partial charge >= 0.3 is 5.97 Å². The van der Waals surface area contributed by atoms with Gasteiger partial charge in [-0.1, -0.05) is 35.5 Å². The number of carboxylic acids is 1. The minimum atomic E-state index is -0.796. The Hall–Kier alpha value is -2.14. The van der Waals surface area contributed by atoms with Gasteiger partial charge < -0.3 is 9.63 Å². The van der Waals surface area contributed by atoms with Gasteiger partial charge in [0.1, 0.15) is 11.7 Å². The van der Waals surface area contributed by atoms with Crippen molar-refractivity contribution in [3.05, 3.63) is 42.2 Å². The summed E-state index contributed by atoms with van der Waals surface area (Å²) in [6.07, 6.45) is 1.96. The molecule has 0 amide bonds. The zero-order valence-corrected chi connectivity index (χ0v) is 11.0. The Morgan fingerprint density at radius 2 is 2.15 bits per heavy atom. The highest BCUT2D eigenvalue weighted by atomic mass is 16.5. The van der Waals surface area contributed by atoms with Crippen molar-refractivity contribution in [2.24, 2.45) is 5.92 Å². The van der Waals surface area contributed by atoms with E-state index in [4.69, 9.17) is 9.63 Å². The number of benzene rings is 1. The molecule has 1 fully saturated rings. The molecule has 0 aliphatic heterocycles. The quantitative estimate of drug-likeness (QED) is 0.844. The molecule has 2 aromatic rings. The van der Waals surface area contributed by atoms with E-state index >= 15 is 0 Å². The fourth-order valence-electron chi connectivity index (χ4n) is 2.24. The van der Waals surface area contributed by atoms with Crippen LogP contribution in [-0.4, -0.2) is 22.3 Å². The molecule has 1 aromatic heterocycles. The van der Waals surface area contributed by atoms with Crippen LogP contribution in [0.1, 0.15) is 18.6 Å². The van der Waals surface area contributed by atoms with E-state index in [2.05, 4.69) is 10.5 Å². The lowest BCUT2D eigenvalue weighted by Crippen LogP contribution is -2.37. The van der Waals surface area contributed by atoms with Gasteiger partial charge in [0.05, 0.1) is 6.54 Å². The van der Waals surface area contributed by atoms with Gasteiger partial charge in [0, 0.05) is 11.6 Å². The molecule has 0 radical (unpaired) electrons. The Labute approximate surface area is 116 Å². The normalized spacial score (nSPS) is 16.0. The smallest absolute Gasteiger partial charge is 0.320 e. The van der Waals surface area contributed by atoms with E-state index in [0.717, 1.165) is 24.1 Å². The van der Waals surface area contributed by atoms with E-state index < -0.39 is 12.0 Å². The van der Waals surface area contributed by atoms with Crippen molar-refractivity contribution < 1.29 is 14.4 Å². The summed E-state index contributed by atoms with van der Waals surface area (Å²) >= 11 is 0. The lowest BCUT2D eigenvalue weighted by molar-refractivity contribution is -0.140. The molecule has 3 rings (SSSR count). The second kappa shape index (κ2) is 5.46. The zero-order valence-electron chi connectivity index (χ0n) is 11.0. The summed E-state index contributed by atoms with van der Waals surface area (Å²) in [5.41, 5.74) is 1.75. The molecule has 1 aliphatic carbocycles. The molecular formula is C15H16N2O3. The summed E-state index contributed by atoms with van der Waals surface area (Å²) < 4.78 is 5.24. The predicted molar refractivity (Wildman–Crippen MR) is 72.9 cm³/mol. The summed E-state index contributed by atoms with van der Waals surface area (Å²) in [5.74, 6) is 0.107. The van der Waals surface area contributed by atoms with Crippen molar-refractivity contribution in [1.82, 2.24) is 10.5 Å². The van der Waals surface area contributed by atoms with Crippen LogP contribution in [0.15, 0.2) is 40.9 Å². The molecule has 5 nitrogen and oxygen atoms in total. The number of carbonyl (C=O) groups is 1. The first kappa shape index (κ1) is 12.9. The second-order valence-electron chi connectivity index (χ2n) is 5.08. The monoisotopic (exact) mass is 272 g/mol. The molecule has 0 spiro atoms. The first-order chi connectivity index (χ1) is 9.74. The minimum Gasteiger partial charge on any atom is -0.480 e. The number of aliphatic carboxylic acids is 1. The van der Waals surface area contributed by atoms with Gasteiger partial charge in [-0.05, 0) is 18.8 Å². The van der Waals surface area contributed by atoms with E-state index in [1.165, 1.54) is 0 Å². The van der Waals surface area contributed by atoms with E-state index in [1.54, 1.807) is 0 Å². The average molecular weight is 272 g/mol. The molecule has 1 aliphatic rings. The van der Waals surface area contributed by atoms with E-state index in [-0.39, 0.29) is 5.92 Å². The van der Waals surface area contributed by atoms with Crippen molar-refractivity contribution in [1.29, 1.82) is 0 Å². The van der Waals surface area contributed by atoms with Crippen LogP contribution in [0, 0.1) is 5.92 Å². The zero-order chi connectivity index (χ0) is 13.9. The minimum absolute atomic E-state index is 0.254. The van der Waals surface area contributed by atoms with Gasteiger partial charge in [0.15, 0.2) is 5.76 Å². The van der Waals surface area contributed by atoms with Crippen molar-refractivity contribution in [3.63, 3.8) is 0 Å². The Morgan fingerprint density at radius 3 is 2.80 bits per heavy atom. The summed E-state index contributed by atoms with van der Waals surface area (Å²) in [6, 6.07) is 11.1. The molecule has 1 atom stereocenters. The summed E-state index contributed by atoms with van der Waals surface area (Å²) in [6.45, 7) is 0.382. The molecule has 1 saturated carbocycles. The van der Waals surface area contributed by atoms with Crippen molar-refractivity contribution >= 4 is 5.97 Å². The second-order valence-corrected chi connectivity index (χ2v) is 5.08. The summed E-state index contributed by atoms with van der Waals surface area (Å²) in [5, 5.41) is 16.2. The van der Waals surface area contributed by atoms with Crippen LogP contribution in [-0.2, 0) is 11.3 Å². The maximum Gasteiger partial charge on any atom is 0.320 e. The van der Waals surface area contributed by atoms with Gasteiger partial charge in [-0.25, -0.2) is 0 Å². The van der Waals surface area contributed by atoms with Gasteiger partial charge in [-0.2, -0.15) is 0 Å². The molecule has 0 bridgehead atoms. The largest absolute Gasteiger partial charge is 0.480 e. The van der Waals surface area contributed by atoms with Gasteiger partial charge in [-0.3, -0.25) is 10.1 Å². The van der Waals surface area contributed by atoms with Crippen LogP contribution < -0.4 is 5.32 Å². The number of nitrogens with zero attached hydrogens (tertiary/aromatic N) is 1. The third-order valence-corrected chi connectivity index (χ3v) is 3.48. The fraction of sp³-hybridized carbons (Fsp3) is 0.333. The topological polar surface area (TPSA) is 75.4 Å². The maximum absolute atomic E-state index is 11.1. The van der Waals surface area contributed by atoms with Crippen LogP contribution in [0.3, 0.4) is 0 Å². The third kappa shape index (κ3) is 2.88. The molecule has 1 heterocycles. The average Bonchev–Trinajstić information content (AvgIpc) is 3.17. The highest BCUT2D eigenvalue weighted by Gasteiger charge is 2.35. The van der Waals surface area contributed by atoms with Gasteiger partial charge in [0.2, 0.25) is 0 Å². The number of aromatic nitrogens is 1. The van der Waals surface area contributed by atoms with Gasteiger partial charge in [-0.15, -0.1) is 0 Å². The fourth-order valence-corrected chi connectivity index (χ4v) is 2.24. The molecule has 5 heteroatoms. The Kier molecular flexibility index (Phi) is 3.52. The van der Waals surface area contributed by atoms with Crippen molar-refractivity contribution in [2.45, 2.75) is 25.4 Å². The van der Waals surface area contributed by atoms with Crippen LogP contribution in [0.4, 0.5) is 0 Å². The first-order valence-electron chi connectivity index (χ1n) is 6.71. The molecule has 1 unspecified atom stereocenters. The van der Waals surface area contributed by atoms with Crippen molar-refractivity contribution in [2.75, 3.05) is 0 Å². The number of rotatable bonds is 6. The Morgan fingerprint density at radius 1 is 1.40 bits per heavy atom. The third-order valence-electron chi connectivity index (χ3n) is 3.48. The molecule has 2 N–H and O–H groups in total. The molecule has 20 heavy (non-hydrogen) atoms. The molecule has 1 aromatic carbocycles. The highest BCUT2D eigenvalue weighted by molar-refractivity contribution is 5.74. The molecular weight excluding hydrogens is 256 g/mol. The van der Waals surface area contributed by atoms with E-state index in [0.29, 0.717) is 12.3 Å². The van der Waals surface area contributed by atoms with Gasteiger partial charge in [0.25, 0.3) is 0 Å². The van der Waals surface area contributed by atoms with Crippen LogP contribution in [0.5, 0.6) is 0 Å². The lowest BCUT2D eigenvalue weighted by Gasteiger charge is -2.11. The lowest BCUT2D eigenvalue weighted by atomic mass is 10.1. The summed E-state index contributed by atoms with van der Waals surface area (Å²) in [4.78, 5) is 11.1. The maximum atomic E-state index is 11.1. The highest BCUT2D eigenvalue weighted by Crippen LogP contribution is 2.33. The van der Waals surface area contributed by atoms with Crippen LogP contribution >= 0.6 is 0 Å². The van der Waals surface area contributed by atoms with Crippen molar-refractivity contribution in [3.8, 4) is 11.3 Å². The van der Waals surface area contributed by atoms with E-state index in [9.17, 15) is 4.79 Å².